The SMILES string of the molecule is C=C/C=C1\C(=C/C)C2(COC(/C=C3\COCO3)=C2C=C)C(=O)N1C. The molecular weight excluding hydrogens is 306 g/mol. The van der Waals surface area contributed by atoms with Crippen LogP contribution in [0.2, 0.25) is 0 Å². The number of carbonyl (C=O) groups is 1. The Morgan fingerprint density at radius 3 is 2.67 bits per heavy atom. The first-order valence-electron chi connectivity index (χ1n) is 7.79. The Morgan fingerprint density at radius 1 is 1.29 bits per heavy atom. The molecule has 5 heteroatoms. The highest BCUT2D eigenvalue weighted by molar-refractivity contribution is 5.98. The van der Waals surface area contributed by atoms with Crippen LogP contribution in [0.15, 0.2) is 71.9 Å². The third-order valence-electron chi connectivity index (χ3n) is 4.57. The number of hydrogen-bond acceptors (Lipinski definition) is 4. The fourth-order valence-corrected chi connectivity index (χ4v) is 3.49. The molecule has 1 unspecified atom stereocenters. The van der Waals surface area contributed by atoms with Gasteiger partial charge in [-0.25, -0.2) is 0 Å². The standard InChI is InChI=1S/C19H21NO4/c1-5-8-16-14(6-2)19(18(21)20(16)4)11-23-17(15(19)7-3)9-13-10-22-12-24-13/h5-9H,1,3,10-12H2,2,4H3/b13-9+,14-6+,16-8+. The van der Waals surface area contributed by atoms with Crippen LogP contribution < -0.4 is 0 Å². The molecule has 0 aromatic heterocycles. The highest BCUT2D eigenvalue weighted by atomic mass is 16.7. The van der Waals surface area contributed by atoms with Gasteiger partial charge in [0.25, 0.3) is 0 Å². The number of likely N-dealkylation sites (tertiary alicyclic amines) is 1. The molecule has 24 heavy (non-hydrogen) atoms. The predicted octanol–water partition coefficient (Wildman–Crippen LogP) is 2.82. The average molecular weight is 327 g/mol. The summed E-state index contributed by atoms with van der Waals surface area (Å²) in [6, 6.07) is 0. The second-order valence-corrected chi connectivity index (χ2v) is 5.75. The Bertz CT molecular complexity index is 718. The molecule has 0 aromatic carbocycles. The lowest BCUT2D eigenvalue weighted by Gasteiger charge is -2.22. The normalized spacial score (nSPS) is 31.5. The van der Waals surface area contributed by atoms with Gasteiger partial charge in [-0.2, -0.15) is 0 Å². The van der Waals surface area contributed by atoms with Crippen molar-refractivity contribution in [1.29, 1.82) is 0 Å². The number of amides is 1. The number of hydrogen-bond donors (Lipinski definition) is 0. The molecule has 3 rings (SSSR count). The molecule has 1 atom stereocenters. The van der Waals surface area contributed by atoms with Crippen LogP contribution in [0.1, 0.15) is 6.92 Å². The van der Waals surface area contributed by atoms with Crippen LogP contribution in [-0.2, 0) is 19.0 Å². The lowest BCUT2D eigenvalue weighted by Crippen LogP contribution is -2.35. The number of ether oxygens (including phenoxy) is 3. The van der Waals surface area contributed by atoms with Gasteiger partial charge >= 0.3 is 0 Å². The number of carbonyl (C=O) groups excluding carboxylic acids is 1. The summed E-state index contributed by atoms with van der Waals surface area (Å²) in [4.78, 5) is 14.8. The van der Waals surface area contributed by atoms with Gasteiger partial charge in [0.1, 0.15) is 30.1 Å². The first-order valence-corrected chi connectivity index (χ1v) is 7.79. The van der Waals surface area contributed by atoms with E-state index in [-0.39, 0.29) is 19.3 Å². The molecule has 0 bridgehead atoms. The van der Waals surface area contributed by atoms with Gasteiger partial charge in [-0.1, -0.05) is 31.4 Å². The van der Waals surface area contributed by atoms with E-state index in [1.54, 1.807) is 30.2 Å². The third kappa shape index (κ3) is 2.16. The Kier molecular flexibility index (Phi) is 4.20. The smallest absolute Gasteiger partial charge is 0.245 e. The summed E-state index contributed by atoms with van der Waals surface area (Å²) in [5.74, 6) is 1.26. The van der Waals surface area contributed by atoms with E-state index in [2.05, 4.69) is 13.2 Å². The summed E-state index contributed by atoms with van der Waals surface area (Å²) in [7, 11) is 1.76. The molecule has 5 nitrogen and oxygen atoms in total. The number of rotatable bonds is 3. The van der Waals surface area contributed by atoms with Crippen molar-refractivity contribution in [3.63, 3.8) is 0 Å². The lowest BCUT2D eigenvalue weighted by atomic mass is 9.75. The average Bonchev–Trinajstić information content (AvgIpc) is 3.26. The number of allylic oxidation sites excluding steroid dienone is 6. The predicted molar refractivity (Wildman–Crippen MR) is 90.4 cm³/mol. The second-order valence-electron chi connectivity index (χ2n) is 5.75. The van der Waals surface area contributed by atoms with E-state index in [0.29, 0.717) is 18.1 Å². The third-order valence-corrected chi connectivity index (χ3v) is 4.57. The van der Waals surface area contributed by atoms with Gasteiger partial charge in [0, 0.05) is 24.4 Å². The van der Waals surface area contributed by atoms with E-state index in [1.807, 2.05) is 19.1 Å². The summed E-state index contributed by atoms with van der Waals surface area (Å²) < 4.78 is 16.4. The minimum atomic E-state index is -0.869. The van der Waals surface area contributed by atoms with Gasteiger partial charge in [-0.15, -0.1) is 0 Å². The molecule has 0 saturated carbocycles. The van der Waals surface area contributed by atoms with E-state index in [1.165, 1.54) is 0 Å². The van der Waals surface area contributed by atoms with Crippen LogP contribution in [-0.4, -0.2) is 37.9 Å². The molecule has 0 aromatic rings. The van der Waals surface area contributed by atoms with Gasteiger partial charge in [-0.3, -0.25) is 4.79 Å². The minimum Gasteiger partial charge on any atom is -0.491 e. The highest BCUT2D eigenvalue weighted by Gasteiger charge is 2.57. The van der Waals surface area contributed by atoms with Crippen molar-refractivity contribution in [2.45, 2.75) is 6.92 Å². The zero-order valence-corrected chi connectivity index (χ0v) is 14.0. The summed E-state index contributed by atoms with van der Waals surface area (Å²) in [5.41, 5.74) is 1.62. The van der Waals surface area contributed by atoms with Gasteiger partial charge in [0.05, 0.1) is 0 Å². The molecule has 126 valence electrons. The monoisotopic (exact) mass is 327 g/mol. The van der Waals surface area contributed by atoms with Crippen molar-refractivity contribution in [1.82, 2.24) is 4.90 Å². The Morgan fingerprint density at radius 2 is 2.08 bits per heavy atom. The van der Waals surface area contributed by atoms with Crippen LogP contribution in [0, 0.1) is 5.41 Å². The molecule has 2 fully saturated rings. The van der Waals surface area contributed by atoms with Crippen molar-refractivity contribution in [3.05, 3.63) is 71.9 Å². The van der Waals surface area contributed by atoms with E-state index < -0.39 is 5.41 Å². The Hall–Kier alpha value is -2.53. The van der Waals surface area contributed by atoms with Crippen molar-refractivity contribution in [2.24, 2.45) is 5.41 Å². The Balaban J connectivity index is 2.15. The topological polar surface area (TPSA) is 48.0 Å². The molecule has 0 N–H and O–H groups in total. The lowest BCUT2D eigenvalue weighted by molar-refractivity contribution is -0.132. The van der Waals surface area contributed by atoms with Gasteiger partial charge < -0.3 is 19.1 Å². The van der Waals surface area contributed by atoms with Crippen molar-refractivity contribution in [3.8, 4) is 0 Å². The fraction of sp³-hybridized carbons (Fsp3) is 0.316. The van der Waals surface area contributed by atoms with Crippen molar-refractivity contribution >= 4 is 5.91 Å². The van der Waals surface area contributed by atoms with Crippen LogP contribution in [0.3, 0.4) is 0 Å². The van der Waals surface area contributed by atoms with E-state index in [4.69, 9.17) is 14.2 Å². The molecular formula is C19H21NO4. The van der Waals surface area contributed by atoms with Gasteiger partial charge in [-0.05, 0) is 18.6 Å². The molecule has 0 aliphatic carbocycles. The van der Waals surface area contributed by atoms with E-state index in [9.17, 15) is 4.79 Å². The highest BCUT2D eigenvalue weighted by Crippen LogP contribution is 2.53. The van der Waals surface area contributed by atoms with Crippen molar-refractivity contribution in [2.75, 3.05) is 27.1 Å². The fourth-order valence-electron chi connectivity index (χ4n) is 3.49. The molecule has 0 radical (unpaired) electrons. The van der Waals surface area contributed by atoms with E-state index in [0.717, 1.165) is 16.8 Å². The first kappa shape index (κ1) is 16.3. The molecule has 2 saturated heterocycles. The van der Waals surface area contributed by atoms with Crippen LogP contribution in [0.4, 0.5) is 0 Å². The summed E-state index contributed by atoms with van der Waals surface area (Å²) >= 11 is 0. The second kappa shape index (κ2) is 6.17. The number of nitrogens with zero attached hydrogens (tertiary/aromatic N) is 1. The maximum absolute atomic E-state index is 13.1. The molecule has 3 aliphatic rings. The van der Waals surface area contributed by atoms with Gasteiger partial charge in [0.15, 0.2) is 6.79 Å². The zero-order valence-electron chi connectivity index (χ0n) is 14.0. The maximum atomic E-state index is 13.1. The summed E-state index contributed by atoms with van der Waals surface area (Å²) in [6.07, 6.45) is 8.96. The van der Waals surface area contributed by atoms with Crippen LogP contribution >= 0.6 is 0 Å². The molecule has 1 spiro atoms. The van der Waals surface area contributed by atoms with Crippen molar-refractivity contribution < 1.29 is 19.0 Å². The van der Waals surface area contributed by atoms with Crippen LogP contribution in [0.25, 0.3) is 0 Å². The minimum absolute atomic E-state index is 0.0319. The first-order chi connectivity index (χ1) is 11.6. The quantitative estimate of drug-likeness (QED) is 0.800. The van der Waals surface area contributed by atoms with Gasteiger partial charge in [0.2, 0.25) is 5.91 Å². The molecule has 3 aliphatic heterocycles. The maximum Gasteiger partial charge on any atom is 0.245 e. The zero-order chi connectivity index (χ0) is 17.3. The number of likely N-dealkylation sites (N-methyl/N-ethyl adjacent to an activating group) is 1. The largest absolute Gasteiger partial charge is 0.491 e. The summed E-state index contributed by atoms with van der Waals surface area (Å²) in [6.45, 7) is 10.5. The Labute approximate surface area is 141 Å². The summed E-state index contributed by atoms with van der Waals surface area (Å²) in [5, 5.41) is 0. The van der Waals surface area contributed by atoms with Crippen LogP contribution in [0.5, 0.6) is 0 Å². The molecule has 3 heterocycles. The van der Waals surface area contributed by atoms with E-state index >= 15 is 0 Å². The molecule has 1 amide bonds.